The van der Waals surface area contributed by atoms with Crippen LogP contribution in [0.15, 0.2) is 12.4 Å². The number of imidazole rings is 1. The first-order valence-electron chi connectivity index (χ1n) is 6.37. The Labute approximate surface area is 116 Å². The molecule has 0 fully saturated rings. The quantitative estimate of drug-likeness (QED) is 0.431. The molecule has 1 aromatic rings. The molecule has 0 atom stereocenters. The Bertz CT molecular complexity index is 338. The molecule has 1 heterocycles. The molecule has 0 saturated heterocycles. The van der Waals surface area contributed by atoms with Gasteiger partial charge in [0.15, 0.2) is 0 Å². The van der Waals surface area contributed by atoms with Gasteiger partial charge in [0, 0.05) is 39.5 Å². The second-order valence-electron chi connectivity index (χ2n) is 5.53. The summed E-state index contributed by atoms with van der Waals surface area (Å²) >= 11 is 5.62. The lowest BCUT2D eigenvalue weighted by Crippen LogP contribution is -2.23. The van der Waals surface area contributed by atoms with Crippen molar-refractivity contribution in [3.63, 3.8) is 0 Å². The molecule has 0 aromatic carbocycles. The van der Waals surface area contributed by atoms with Gasteiger partial charge in [-0.2, -0.15) is 0 Å². The van der Waals surface area contributed by atoms with E-state index in [0.717, 1.165) is 25.5 Å². The van der Waals surface area contributed by atoms with Crippen LogP contribution >= 0.6 is 11.6 Å². The van der Waals surface area contributed by atoms with Gasteiger partial charge < -0.3 is 14.6 Å². The first-order chi connectivity index (χ1) is 8.53. The summed E-state index contributed by atoms with van der Waals surface area (Å²) in [5.41, 5.74) is 0. The summed E-state index contributed by atoms with van der Waals surface area (Å²) in [4.78, 5) is 4.30. The van der Waals surface area contributed by atoms with Crippen molar-refractivity contribution in [2.45, 2.75) is 39.0 Å². The van der Waals surface area contributed by atoms with Crippen molar-refractivity contribution >= 4 is 19.7 Å². The number of hydrogen-bond donors (Lipinski definition) is 1. The van der Waals surface area contributed by atoms with E-state index in [1.807, 2.05) is 10.8 Å². The number of rotatable bonds is 9. The van der Waals surface area contributed by atoms with Crippen molar-refractivity contribution in [1.82, 2.24) is 14.9 Å². The van der Waals surface area contributed by atoms with Gasteiger partial charge in [-0.1, -0.05) is 19.6 Å². The van der Waals surface area contributed by atoms with E-state index in [0.29, 0.717) is 12.6 Å². The van der Waals surface area contributed by atoms with Gasteiger partial charge in [-0.25, -0.2) is 4.98 Å². The lowest BCUT2D eigenvalue weighted by atomic mass is 10.5. The van der Waals surface area contributed by atoms with Gasteiger partial charge in [0.1, 0.15) is 12.6 Å². The molecule has 0 radical (unpaired) electrons. The molecular formula is C12H24ClN3OSi. The Kier molecular flexibility index (Phi) is 6.92. The van der Waals surface area contributed by atoms with E-state index in [1.165, 1.54) is 6.04 Å². The van der Waals surface area contributed by atoms with E-state index in [-0.39, 0.29) is 0 Å². The average molecular weight is 290 g/mol. The zero-order chi connectivity index (χ0) is 13.4. The van der Waals surface area contributed by atoms with Gasteiger partial charge >= 0.3 is 0 Å². The maximum atomic E-state index is 5.70. The number of hydrogen-bond acceptors (Lipinski definition) is 3. The fourth-order valence-electron chi connectivity index (χ4n) is 1.43. The van der Waals surface area contributed by atoms with Crippen LogP contribution in [0.5, 0.6) is 0 Å². The highest BCUT2D eigenvalue weighted by molar-refractivity contribution is 6.76. The lowest BCUT2D eigenvalue weighted by Gasteiger charge is -2.16. The molecule has 0 unspecified atom stereocenters. The van der Waals surface area contributed by atoms with E-state index in [4.69, 9.17) is 16.3 Å². The molecule has 1 N–H and O–H groups in total. The van der Waals surface area contributed by atoms with Crippen molar-refractivity contribution in [2.75, 3.05) is 19.0 Å². The van der Waals surface area contributed by atoms with Crippen LogP contribution in [-0.4, -0.2) is 36.7 Å². The fourth-order valence-corrected chi connectivity index (χ4v) is 2.32. The van der Waals surface area contributed by atoms with Gasteiger partial charge in [-0.3, -0.25) is 0 Å². The highest BCUT2D eigenvalue weighted by Crippen LogP contribution is 2.08. The smallest absolute Gasteiger partial charge is 0.124 e. The van der Waals surface area contributed by atoms with Gasteiger partial charge in [0.2, 0.25) is 0 Å². The SMILES string of the molecule is C[Si](C)(C)CCOCn1ccnc1CNCCCl. The summed E-state index contributed by atoms with van der Waals surface area (Å²) in [6, 6.07) is 1.20. The third-order valence-corrected chi connectivity index (χ3v) is 4.48. The molecular weight excluding hydrogens is 266 g/mol. The molecule has 18 heavy (non-hydrogen) atoms. The molecule has 1 aromatic heterocycles. The van der Waals surface area contributed by atoms with Crippen LogP contribution in [0.3, 0.4) is 0 Å². The second-order valence-corrected chi connectivity index (χ2v) is 11.5. The molecule has 0 bridgehead atoms. The Morgan fingerprint density at radius 2 is 2.22 bits per heavy atom. The Hall–Kier alpha value is -0.363. The van der Waals surface area contributed by atoms with Crippen molar-refractivity contribution < 1.29 is 4.74 Å². The average Bonchev–Trinajstić information content (AvgIpc) is 2.71. The van der Waals surface area contributed by atoms with E-state index in [1.54, 1.807) is 6.20 Å². The van der Waals surface area contributed by atoms with E-state index >= 15 is 0 Å². The topological polar surface area (TPSA) is 39.1 Å². The fraction of sp³-hybridized carbons (Fsp3) is 0.750. The minimum absolute atomic E-state index is 0.586. The summed E-state index contributed by atoms with van der Waals surface area (Å²) in [6.45, 7) is 10.0. The van der Waals surface area contributed by atoms with Crippen molar-refractivity contribution in [1.29, 1.82) is 0 Å². The van der Waals surface area contributed by atoms with Crippen molar-refractivity contribution in [3.8, 4) is 0 Å². The highest BCUT2D eigenvalue weighted by Gasteiger charge is 2.12. The molecule has 0 spiro atoms. The van der Waals surface area contributed by atoms with Gasteiger partial charge in [-0.05, 0) is 6.04 Å². The first kappa shape index (κ1) is 15.7. The minimum Gasteiger partial charge on any atom is -0.361 e. The molecule has 4 nitrogen and oxygen atoms in total. The van der Waals surface area contributed by atoms with Gasteiger partial charge in [0.05, 0.1) is 6.54 Å². The Balaban J connectivity index is 2.27. The van der Waals surface area contributed by atoms with Crippen LogP contribution < -0.4 is 5.32 Å². The monoisotopic (exact) mass is 289 g/mol. The molecule has 0 aliphatic heterocycles. The van der Waals surface area contributed by atoms with Crippen molar-refractivity contribution in [3.05, 3.63) is 18.2 Å². The standard InChI is InChI=1S/C12H24ClN3OSi/c1-18(2,3)9-8-17-11-16-7-6-15-12(16)10-14-5-4-13/h6-7,14H,4-5,8-11H2,1-3H3. The molecule has 0 saturated carbocycles. The number of halogens is 1. The van der Waals surface area contributed by atoms with Gasteiger partial charge in [0.25, 0.3) is 0 Å². The van der Waals surface area contributed by atoms with Gasteiger partial charge in [-0.15, -0.1) is 11.6 Å². The van der Waals surface area contributed by atoms with Crippen molar-refractivity contribution in [2.24, 2.45) is 0 Å². The summed E-state index contributed by atoms with van der Waals surface area (Å²) < 4.78 is 7.74. The van der Waals surface area contributed by atoms with E-state index in [2.05, 4.69) is 29.9 Å². The predicted molar refractivity (Wildman–Crippen MR) is 78.8 cm³/mol. The lowest BCUT2D eigenvalue weighted by molar-refractivity contribution is 0.0849. The molecule has 0 aliphatic carbocycles. The van der Waals surface area contributed by atoms with Crippen LogP contribution in [0.4, 0.5) is 0 Å². The molecule has 0 amide bonds. The third kappa shape index (κ3) is 6.54. The predicted octanol–water partition coefficient (Wildman–Crippen LogP) is 2.52. The van der Waals surface area contributed by atoms with Crippen LogP contribution in [0.1, 0.15) is 5.82 Å². The zero-order valence-electron chi connectivity index (χ0n) is 11.6. The van der Waals surface area contributed by atoms with E-state index in [9.17, 15) is 0 Å². The van der Waals surface area contributed by atoms with Crippen LogP contribution in [-0.2, 0) is 18.0 Å². The normalized spacial score (nSPS) is 12.0. The number of alkyl halides is 1. The number of nitrogens with zero attached hydrogens (tertiary/aromatic N) is 2. The molecule has 6 heteroatoms. The van der Waals surface area contributed by atoms with Crippen LogP contribution in [0, 0.1) is 0 Å². The largest absolute Gasteiger partial charge is 0.361 e. The molecule has 104 valence electrons. The Morgan fingerprint density at radius 3 is 2.89 bits per heavy atom. The Morgan fingerprint density at radius 1 is 1.44 bits per heavy atom. The zero-order valence-corrected chi connectivity index (χ0v) is 13.3. The van der Waals surface area contributed by atoms with E-state index < -0.39 is 8.07 Å². The maximum Gasteiger partial charge on any atom is 0.124 e. The molecule has 1 rings (SSSR count). The summed E-state index contributed by atoms with van der Waals surface area (Å²) in [5.74, 6) is 1.61. The summed E-state index contributed by atoms with van der Waals surface area (Å²) in [5, 5.41) is 3.23. The summed E-state index contributed by atoms with van der Waals surface area (Å²) in [7, 11) is -0.996. The first-order valence-corrected chi connectivity index (χ1v) is 10.6. The summed E-state index contributed by atoms with van der Waals surface area (Å²) in [6.07, 6.45) is 3.76. The molecule has 0 aliphatic rings. The third-order valence-electron chi connectivity index (χ3n) is 2.58. The number of ether oxygens (including phenoxy) is 1. The maximum absolute atomic E-state index is 5.70. The van der Waals surface area contributed by atoms with Crippen LogP contribution in [0.2, 0.25) is 25.7 Å². The number of nitrogens with one attached hydrogen (secondary N) is 1. The highest BCUT2D eigenvalue weighted by atomic mass is 35.5. The van der Waals surface area contributed by atoms with Crippen LogP contribution in [0.25, 0.3) is 0 Å². The number of aromatic nitrogens is 2. The minimum atomic E-state index is -0.996. The second kappa shape index (κ2) is 7.94.